The molecule has 10 heteroatoms. The van der Waals surface area contributed by atoms with E-state index >= 15 is 0 Å². The van der Waals surface area contributed by atoms with Crippen LogP contribution in [0.2, 0.25) is 0 Å². The molecule has 10 nitrogen and oxygen atoms in total. The molecule has 1 aromatic heterocycles. The van der Waals surface area contributed by atoms with Gasteiger partial charge in [-0.25, -0.2) is 5.43 Å². The van der Waals surface area contributed by atoms with E-state index < -0.39 is 16.7 Å². The minimum atomic E-state index is -0.972. The van der Waals surface area contributed by atoms with Crippen molar-refractivity contribution in [2.24, 2.45) is 5.10 Å². The molecule has 0 aliphatic carbocycles. The summed E-state index contributed by atoms with van der Waals surface area (Å²) in [7, 11) is 0. The molecule has 2 aromatic carbocycles. The predicted octanol–water partition coefficient (Wildman–Crippen LogP) is 3.32. The number of furan rings is 1. The van der Waals surface area contributed by atoms with Crippen molar-refractivity contribution in [1.82, 2.24) is 5.43 Å². The van der Waals surface area contributed by atoms with Crippen LogP contribution < -0.4 is 10.7 Å². The minimum absolute atomic E-state index is 0.0151. The van der Waals surface area contributed by atoms with Gasteiger partial charge in [0.1, 0.15) is 11.5 Å². The number of nitrogens with zero attached hydrogens (tertiary/aromatic N) is 3. The third-order valence-corrected chi connectivity index (χ3v) is 4.37. The van der Waals surface area contributed by atoms with Gasteiger partial charge in [0.25, 0.3) is 5.69 Å². The molecule has 1 heterocycles. The number of hydrogen-bond acceptors (Lipinski definition) is 7. The summed E-state index contributed by atoms with van der Waals surface area (Å²) in [5.74, 6) is -1.09. The van der Waals surface area contributed by atoms with Crippen LogP contribution >= 0.6 is 0 Å². The molecule has 0 bridgehead atoms. The van der Waals surface area contributed by atoms with Crippen molar-refractivity contribution in [3.63, 3.8) is 0 Å². The number of nitrogens with one attached hydrogen (secondary N) is 2. The summed E-state index contributed by atoms with van der Waals surface area (Å²) >= 11 is 0. The molecule has 2 N–H and O–H groups in total. The van der Waals surface area contributed by atoms with Gasteiger partial charge >= 0.3 is 11.8 Å². The third kappa shape index (κ3) is 5.43. The summed E-state index contributed by atoms with van der Waals surface area (Å²) < 4.78 is 5.63. The molecule has 0 saturated heterocycles. The van der Waals surface area contributed by atoms with Gasteiger partial charge in [-0.1, -0.05) is 12.1 Å². The normalized spacial score (nSPS) is 10.5. The number of carbonyl (C=O) groups excluding carboxylic acids is 2. The van der Waals surface area contributed by atoms with E-state index in [1.807, 2.05) is 6.07 Å². The minimum Gasteiger partial charge on any atom is -0.455 e. The highest BCUT2D eigenvalue weighted by Gasteiger charge is 2.14. The van der Waals surface area contributed by atoms with Gasteiger partial charge in [-0.15, -0.1) is 0 Å². The lowest BCUT2D eigenvalue weighted by Gasteiger charge is -2.04. The fraction of sp³-hybridized carbons (Fsp3) is 0.0909. The van der Waals surface area contributed by atoms with Gasteiger partial charge in [-0.3, -0.25) is 19.7 Å². The molecule has 3 rings (SSSR count). The van der Waals surface area contributed by atoms with Crippen molar-refractivity contribution in [2.45, 2.75) is 13.3 Å². The number of anilines is 1. The van der Waals surface area contributed by atoms with Gasteiger partial charge < -0.3 is 9.73 Å². The van der Waals surface area contributed by atoms with Crippen molar-refractivity contribution in [3.8, 4) is 17.4 Å². The molecule has 0 fully saturated rings. The summed E-state index contributed by atoms with van der Waals surface area (Å²) in [4.78, 5) is 34.2. The first kappa shape index (κ1) is 21.9. The van der Waals surface area contributed by atoms with Crippen molar-refractivity contribution >= 4 is 29.4 Å². The van der Waals surface area contributed by atoms with Gasteiger partial charge in [0, 0.05) is 23.4 Å². The standard InChI is InChI=1S/C22H17N5O5/c1-14-12-17(27(30)31)6-8-19(14)20-9-7-18(32-20)13-24-26-22(29)21(28)25-16-4-2-15(3-5-16)10-11-23/h2-9,12-13H,10H2,1H3,(H,25,28)(H,26,29)/b24-13+. The predicted molar refractivity (Wildman–Crippen MR) is 116 cm³/mol. The van der Waals surface area contributed by atoms with Crippen LogP contribution in [0.25, 0.3) is 11.3 Å². The van der Waals surface area contributed by atoms with Gasteiger partial charge in [-0.2, -0.15) is 10.4 Å². The summed E-state index contributed by atoms with van der Waals surface area (Å²) in [5.41, 5.74) is 4.64. The van der Waals surface area contributed by atoms with Gasteiger partial charge in [0.2, 0.25) is 0 Å². The van der Waals surface area contributed by atoms with Crippen LogP contribution in [0.3, 0.4) is 0 Å². The number of rotatable bonds is 6. The number of hydrogen-bond donors (Lipinski definition) is 2. The number of nitro benzene ring substituents is 1. The lowest BCUT2D eigenvalue weighted by Crippen LogP contribution is -2.32. The lowest BCUT2D eigenvalue weighted by atomic mass is 10.1. The first-order valence-corrected chi connectivity index (χ1v) is 9.33. The number of nitriles is 1. The Bertz CT molecular complexity index is 1240. The Labute approximate surface area is 182 Å². The van der Waals surface area contributed by atoms with Crippen LogP contribution in [-0.2, 0) is 16.0 Å². The zero-order valence-corrected chi connectivity index (χ0v) is 16.9. The largest absolute Gasteiger partial charge is 0.455 e. The molecule has 0 atom stereocenters. The van der Waals surface area contributed by atoms with Gasteiger partial charge in [-0.05, 0) is 48.4 Å². The highest BCUT2D eigenvalue weighted by atomic mass is 16.6. The maximum Gasteiger partial charge on any atom is 0.329 e. The first-order chi connectivity index (χ1) is 15.4. The molecule has 160 valence electrons. The molecule has 0 aliphatic heterocycles. The average Bonchev–Trinajstić information content (AvgIpc) is 3.23. The summed E-state index contributed by atoms with van der Waals surface area (Å²) in [6, 6.07) is 16.2. The Morgan fingerprint density at radius 2 is 1.91 bits per heavy atom. The Balaban J connectivity index is 1.57. The quantitative estimate of drug-likeness (QED) is 0.264. The van der Waals surface area contributed by atoms with E-state index in [4.69, 9.17) is 9.68 Å². The highest BCUT2D eigenvalue weighted by molar-refractivity contribution is 6.39. The van der Waals surface area contributed by atoms with Crippen molar-refractivity contribution in [2.75, 3.05) is 5.32 Å². The second-order valence-electron chi connectivity index (χ2n) is 6.64. The van der Waals surface area contributed by atoms with E-state index in [1.54, 1.807) is 49.4 Å². The molecular formula is C22H17N5O5. The second-order valence-corrected chi connectivity index (χ2v) is 6.64. The van der Waals surface area contributed by atoms with E-state index in [9.17, 15) is 19.7 Å². The molecule has 32 heavy (non-hydrogen) atoms. The van der Waals surface area contributed by atoms with Crippen LogP contribution in [0.4, 0.5) is 11.4 Å². The SMILES string of the molecule is Cc1cc([N+](=O)[O-])ccc1-c1ccc(/C=N/NC(=O)C(=O)Nc2ccc(CC#N)cc2)o1. The van der Waals surface area contributed by atoms with Crippen LogP contribution in [0, 0.1) is 28.4 Å². The van der Waals surface area contributed by atoms with E-state index in [1.165, 1.54) is 18.3 Å². The monoisotopic (exact) mass is 431 g/mol. The maximum absolute atomic E-state index is 11.9. The van der Waals surface area contributed by atoms with Crippen LogP contribution in [-0.4, -0.2) is 23.0 Å². The van der Waals surface area contributed by atoms with Crippen molar-refractivity contribution in [3.05, 3.63) is 81.6 Å². The van der Waals surface area contributed by atoms with Crippen LogP contribution in [0.5, 0.6) is 0 Å². The van der Waals surface area contributed by atoms with E-state index in [0.717, 1.165) is 5.56 Å². The molecule has 0 radical (unpaired) electrons. The topological polar surface area (TPSA) is 151 Å². The molecule has 2 amide bonds. The van der Waals surface area contributed by atoms with Gasteiger partial charge in [0.05, 0.1) is 23.6 Å². The lowest BCUT2D eigenvalue weighted by molar-refractivity contribution is -0.384. The number of nitro groups is 1. The van der Waals surface area contributed by atoms with E-state index in [-0.39, 0.29) is 12.1 Å². The molecule has 0 aliphatic rings. The Morgan fingerprint density at radius 1 is 1.16 bits per heavy atom. The number of carbonyl (C=O) groups is 2. The van der Waals surface area contributed by atoms with Crippen LogP contribution in [0.1, 0.15) is 16.9 Å². The Morgan fingerprint density at radius 3 is 2.56 bits per heavy atom. The fourth-order valence-electron chi connectivity index (χ4n) is 2.80. The molecule has 0 spiro atoms. The zero-order valence-electron chi connectivity index (χ0n) is 16.9. The second kappa shape index (κ2) is 9.82. The average molecular weight is 431 g/mol. The van der Waals surface area contributed by atoms with Gasteiger partial charge in [0.15, 0.2) is 0 Å². The van der Waals surface area contributed by atoms with Crippen molar-refractivity contribution < 1.29 is 18.9 Å². The number of amides is 2. The molecular weight excluding hydrogens is 414 g/mol. The number of hydrazone groups is 1. The van der Waals surface area contributed by atoms with Crippen LogP contribution in [0.15, 0.2) is 64.1 Å². The third-order valence-electron chi connectivity index (χ3n) is 4.37. The van der Waals surface area contributed by atoms with E-state index in [0.29, 0.717) is 28.3 Å². The smallest absolute Gasteiger partial charge is 0.329 e. The summed E-state index contributed by atoms with van der Waals surface area (Å²) in [5, 5.41) is 25.6. The zero-order chi connectivity index (χ0) is 23.1. The number of aryl methyl sites for hydroxylation is 1. The first-order valence-electron chi connectivity index (χ1n) is 9.33. The molecule has 0 saturated carbocycles. The Kier molecular flexibility index (Phi) is 6.72. The van der Waals surface area contributed by atoms with E-state index in [2.05, 4.69) is 15.8 Å². The maximum atomic E-state index is 11.9. The highest BCUT2D eigenvalue weighted by Crippen LogP contribution is 2.28. The fourth-order valence-corrected chi connectivity index (χ4v) is 2.80. The molecule has 0 unspecified atom stereocenters. The Hall–Kier alpha value is -4.78. The number of benzene rings is 2. The summed E-state index contributed by atoms with van der Waals surface area (Å²) in [6.07, 6.45) is 1.48. The molecule has 3 aromatic rings. The number of non-ortho nitro benzene ring substituents is 1. The summed E-state index contributed by atoms with van der Waals surface area (Å²) in [6.45, 7) is 1.73. The van der Waals surface area contributed by atoms with Crippen molar-refractivity contribution in [1.29, 1.82) is 5.26 Å².